The minimum atomic E-state index is -0.176. The number of rotatable bonds is 3. The Labute approximate surface area is 93.7 Å². The molecule has 0 radical (unpaired) electrons. The van der Waals surface area contributed by atoms with Gasteiger partial charge in [-0.3, -0.25) is 4.79 Å². The molecule has 4 heteroatoms. The van der Waals surface area contributed by atoms with E-state index in [1.165, 1.54) is 6.07 Å². The smallest absolute Gasteiger partial charge is 0.251 e. The monoisotopic (exact) mass is 222 g/mol. The van der Waals surface area contributed by atoms with Crippen LogP contribution in [0.2, 0.25) is 5.02 Å². The summed E-state index contributed by atoms with van der Waals surface area (Å²) in [5.74, 6) is -0.176. The van der Waals surface area contributed by atoms with E-state index >= 15 is 0 Å². The first-order valence-corrected chi connectivity index (χ1v) is 5.04. The van der Waals surface area contributed by atoms with Gasteiger partial charge in [-0.05, 0) is 24.6 Å². The Morgan fingerprint density at radius 3 is 2.93 bits per heavy atom. The molecule has 78 valence electrons. The van der Waals surface area contributed by atoms with Gasteiger partial charge in [-0.15, -0.1) is 0 Å². The van der Waals surface area contributed by atoms with Gasteiger partial charge in [0.25, 0.3) is 5.91 Å². The second-order valence-electron chi connectivity index (χ2n) is 3.06. The maximum Gasteiger partial charge on any atom is 0.251 e. The summed E-state index contributed by atoms with van der Waals surface area (Å²) in [4.78, 5) is 11.5. The molecule has 1 amide bonds. The molecule has 0 aromatic heterocycles. The lowest BCUT2D eigenvalue weighted by Crippen LogP contribution is -2.23. The second-order valence-corrected chi connectivity index (χ2v) is 3.47. The summed E-state index contributed by atoms with van der Waals surface area (Å²) in [5.41, 5.74) is 0.783. The summed E-state index contributed by atoms with van der Waals surface area (Å²) in [6.45, 7) is 2.60. The molecule has 1 aromatic rings. The lowest BCUT2D eigenvalue weighted by Gasteiger charge is -2.04. The Hall–Kier alpha value is -1.53. The zero-order valence-corrected chi connectivity index (χ0v) is 9.14. The van der Waals surface area contributed by atoms with Crippen LogP contribution in [0.25, 0.3) is 0 Å². The molecule has 0 unspecified atom stereocenters. The van der Waals surface area contributed by atoms with Gasteiger partial charge in [0.15, 0.2) is 0 Å². The number of nitrogens with one attached hydrogen (secondary N) is 1. The predicted molar refractivity (Wildman–Crippen MR) is 58.8 cm³/mol. The van der Waals surface area contributed by atoms with Crippen molar-refractivity contribution in [3.8, 4) is 6.07 Å². The molecule has 1 rings (SSSR count). The van der Waals surface area contributed by atoms with Crippen LogP contribution in [0.15, 0.2) is 18.2 Å². The first kappa shape index (κ1) is 11.5. The molecule has 1 aromatic carbocycles. The zero-order valence-electron chi connectivity index (χ0n) is 8.38. The Balaban J connectivity index is 2.87. The maximum atomic E-state index is 11.5. The van der Waals surface area contributed by atoms with Crippen LogP contribution >= 0.6 is 11.6 Å². The minimum absolute atomic E-state index is 0.176. The van der Waals surface area contributed by atoms with E-state index in [0.29, 0.717) is 22.7 Å². The largest absolute Gasteiger partial charge is 0.352 e. The fourth-order valence-electron chi connectivity index (χ4n) is 1.09. The predicted octanol–water partition coefficient (Wildman–Crippen LogP) is 2.35. The number of nitriles is 1. The van der Waals surface area contributed by atoms with E-state index in [0.717, 1.165) is 6.42 Å². The van der Waals surface area contributed by atoms with Crippen LogP contribution in [0.5, 0.6) is 0 Å². The first-order chi connectivity index (χ1) is 7.19. The van der Waals surface area contributed by atoms with E-state index in [1.54, 1.807) is 12.1 Å². The van der Waals surface area contributed by atoms with Crippen molar-refractivity contribution in [2.45, 2.75) is 13.3 Å². The molecule has 0 atom stereocenters. The Morgan fingerprint density at radius 2 is 2.33 bits per heavy atom. The SMILES string of the molecule is CCCNC(=O)c1ccc(Cl)c(C#N)c1. The summed E-state index contributed by atoms with van der Waals surface area (Å²) in [7, 11) is 0. The Bertz CT molecular complexity index is 410. The average Bonchev–Trinajstić information content (AvgIpc) is 2.26. The molecule has 0 heterocycles. The molecule has 0 aliphatic carbocycles. The van der Waals surface area contributed by atoms with E-state index in [2.05, 4.69) is 5.32 Å². The van der Waals surface area contributed by atoms with Gasteiger partial charge in [-0.25, -0.2) is 0 Å². The highest BCUT2D eigenvalue weighted by Gasteiger charge is 2.07. The van der Waals surface area contributed by atoms with Crippen LogP contribution in [0.3, 0.4) is 0 Å². The van der Waals surface area contributed by atoms with Crippen molar-refractivity contribution in [2.75, 3.05) is 6.54 Å². The van der Waals surface area contributed by atoms with E-state index in [-0.39, 0.29) is 5.91 Å². The molecule has 1 N–H and O–H groups in total. The fourth-order valence-corrected chi connectivity index (χ4v) is 1.25. The van der Waals surface area contributed by atoms with Crippen LogP contribution in [-0.4, -0.2) is 12.5 Å². The fraction of sp³-hybridized carbons (Fsp3) is 0.273. The Kier molecular flexibility index (Phi) is 4.14. The number of halogens is 1. The number of hydrogen-bond donors (Lipinski definition) is 1. The van der Waals surface area contributed by atoms with Gasteiger partial charge in [0, 0.05) is 12.1 Å². The third-order valence-electron chi connectivity index (χ3n) is 1.88. The first-order valence-electron chi connectivity index (χ1n) is 4.67. The molecular weight excluding hydrogens is 212 g/mol. The molecule has 0 spiro atoms. The third-order valence-corrected chi connectivity index (χ3v) is 2.21. The van der Waals surface area contributed by atoms with Crippen molar-refractivity contribution in [3.63, 3.8) is 0 Å². The van der Waals surface area contributed by atoms with Crippen molar-refractivity contribution in [2.24, 2.45) is 0 Å². The van der Waals surface area contributed by atoms with E-state index < -0.39 is 0 Å². The summed E-state index contributed by atoms with van der Waals surface area (Å²) in [6, 6.07) is 6.59. The third kappa shape index (κ3) is 2.97. The summed E-state index contributed by atoms with van der Waals surface area (Å²) in [5, 5.41) is 11.8. The molecule has 0 aliphatic rings. The van der Waals surface area contributed by atoms with Crippen LogP contribution in [-0.2, 0) is 0 Å². The molecule has 0 saturated heterocycles. The number of carbonyl (C=O) groups is 1. The molecular formula is C11H11ClN2O. The lowest BCUT2D eigenvalue weighted by molar-refractivity contribution is 0.0953. The van der Waals surface area contributed by atoms with Gasteiger partial charge in [0.2, 0.25) is 0 Å². The number of amides is 1. The maximum absolute atomic E-state index is 11.5. The number of benzene rings is 1. The normalized spacial score (nSPS) is 9.40. The highest BCUT2D eigenvalue weighted by molar-refractivity contribution is 6.31. The number of hydrogen-bond acceptors (Lipinski definition) is 2. The lowest BCUT2D eigenvalue weighted by atomic mass is 10.1. The van der Waals surface area contributed by atoms with Gasteiger partial charge in [-0.1, -0.05) is 18.5 Å². The van der Waals surface area contributed by atoms with Crippen molar-refractivity contribution in [1.29, 1.82) is 5.26 Å². The molecule has 0 aliphatic heterocycles. The topological polar surface area (TPSA) is 52.9 Å². The molecule has 3 nitrogen and oxygen atoms in total. The highest BCUT2D eigenvalue weighted by Crippen LogP contribution is 2.16. The zero-order chi connectivity index (χ0) is 11.3. The van der Waals surface area contributed by atoms with Gasteiger partial charge < -0.3 is 5.32 Å². The van der Waals surface area contributed by atoms with Gasteiger partial charge >= 0.3 is 0 Å². The average molecular weight is 223 g/mol. The van der Waals surface area contributed by atoms with Crippen LogP contribution < -0.4 is 5.32 Å². The second kappa shape index (κ2) is 5.38. The van der Waals surface area contributed by atoms with E-state index in [9.17, 15) is 4.79 Å². The summed E-state index contributed by atoms with van der Waals surface area (Å²) < 4.78 is 0. The minimum Gasteiger partial charge on any atom is -0.352 e. The molecule has 0 bridgehead atoms. The van der Waals surface area contributed by atoms with Gasteiger partial charge in [0.05, 0.1) is 10.6 Å². The molecule has 15 heavy (non-hydrogen) atoms. The van der Waals surface area contributed by atoms with Gasteiger partial charge in [0.1, 0.15) is 6.07 Å². The number of nitrogens with zero attached hydrogens (tertiary/aromatic N) is 1. The standard InChI is InChI=1S/C11H11ClN2O/c1-2-5-14-11(15)8-3-4-10(12)9(6-8)7-13/h3-4,6H,2,5H2,1H3,(H,14,15). The van der Waals surface area contributed by atoms with Crippen molar-refractivity contribution in [1.82, 2.24) is 5.32 Å². The highest BCUT2D eigenvalue weighted by atomic mass is 35.5. The van der Waals surface area contributed by atoms with E-state index in [1.807, 2.05) is 13.0 Å². The van der Waals surface area contributed by atoms with Crippen molar-refractivity contribution >= 4 is 17.5 Å². The van der Waals surface area contributed by atoms with Gasteiger partial charge in [-0.2, -0.15) is 5.26 Å². The van der Waals surface area contributed by atoms with Crippen LogP contribution in [0.4, 0.5) is 0 Å². The summed E-state index contributed by atoms with van der Waals surface area (Å²) in [6.07, 6.45) is 0.879. The Morgan fingerprint density at radius 1 is 1.60 bits per heavy atom. The van der Waals surface area contributed by atoms with Crippen molar-refractivity contribution in [3.05, 3.63) is 34.3 Å². The van der Waals surface area contributed by atoms with E-state index in [4.69, 9.17) is 16.9 Å². The van der Waals surface area contributed by atoms with Crippen molar-refractivity contribution < 1.29 is 4.79 Å². The van der Waals surface area contributed by atoms with Crippen LogP contribution in [0, 0.1) is 11.3 Å². The van der Waals surface area contributed by atoms with Crippen LogP contribution in [0.1, 0.15) is 29.3 Å². The molecule has 0 fully saturated rings. The summed E-state index contributed by atoms with van der Waals surface area (Å²) >= 11 is 5.75. The quantitative estimate of drug-likeness (QED) is 0.854. The molecule has 0 saturated carbocycles. The number of carbonyl (C=O) groups excluding carboxylic acids is 1.